The molecule has 4 rings (SSSR count). The van der Waals surface area contributed by atoms with Crippen LogP contribution in [0.4, 0.5) is 0 Å². The molecule has 4 aromatic rings. The van der Waals surface area contributed by atoms with Gasteiger partial charge in [0.25, 0.3) is 5.56 Å². The molecule has 0 aliphatic carbocycles. The minimum atomic E-state index is -0.322. The molecule has 1 aromatic carbocycles. The summed E-state index contributed by atoms with van der Waals surface area (Å²) in [4.78, 5) is 30.5. The Bertz CT molecular complexity index is 1260. The number of nitrogens with zero attached hydrogens (tertiary/aromatic N) is 5. The number of rotatable bonds is 4. The second kappa shape index (κ2) is 6.26. The van der Waals surface area contributed by atoms with Crippen LogP contribution in [0, 0.1) is 12.8 Å². The van der Waals surface area contributed by atoms with Crippen molar-refractivity contribution in [1.29, 1.82) is 0 Å². The zero-order valence-corrected chi connectivity index (χ0v) is 16.0. The topological polar surface area (TPSA) is 66.2 Å². The molecule has 0 fully saturated rings. The third kappa shape index (κ3) is 2.61. The van der Waals surface area contributed by atoms with Crippen molar-refractivity contribution in [2.75, 3.05) is 0 Å². The van der Waals surface area contributed by atoms with Gasteiger partial charge in [-0.3, -0.25) is 22.9 Å². The fraction of sp³-hybridized carbons (Fsp3) is 0.350. The summed E-state index contributed by atoms with van der Waals surface area (Å²) < 4.78 is 6.58. The number of benzene rings is 1. The van der Waals surface area contributed by atoms with E-state index in [2.05, 4.69) is 18.8 Å². The van der Waals surface area contributed by atoms with Crippen LogP contribution >= 0.6 is 0 Å². The fourth-order valence-electron chi connectivity index (χ4n) is 3.49. The summed E-state index contributed by atoms with van der Waals surface area (Å²) in [6.45, 7) is 6.54. The Hall–Kier alpha value is -3.09. The largest absolute Gasteiger partial charge is 0.332 e. The summed E-state index contributed by atoms with van der Waals surface area (Å²) in [6, 6.07) is 9.86. The third-order valence-corrected chi connectivity index (χ3v) is 4.97. The first-order valence-corrected chi connectivity index (χ1v) is 9.15. The molecule has 140 valence electrons. The van der Waals surface area contributed by atoms with Gasteiger partial charge in [0, 0.05) is 31.2 Å². The van der Waals surface area contributed by atoms with E-state index in [1.54, 1.807) is 11.4 Å². The number of para-hydroxylation sites is 1. The van der Waals surface area contributed by atoms with E-state index in [0.717, 1.165) is 17.8 Å². The summed E-state index contributed by atoms with van der Waals surface area (Å²) in [5.74, 6) is 1.03. The lowest BCUT2D eigenvalue weighted by Crippen LogP contribution is -2.39. The van der Waals surface area contributed by atoms with Crippen LogP contribution in [-0.2, 0) is 13.6 Å². The molecule has 0 N–H and O–H groups in total. The molecule has 0 saturated heterocycles. The van der Waals surface area contributed by atoms with E-state index in [-0.39, 0.29) is 11.2 Å². The summed E-state index contributed by atoms with van der Waals surface area (Å²) in [5, 5.41) is 0. The molecule has 0 amide bonds. The SMILES string of the molecule is Cc1cn2c3c(=O)n(CCC(C)C)c(=O)n(C)c3nc2n1-c1ccccc1. The summed E-state index contributed by atoms with van der Waals surface area (Å²) >= 11 is 0. The van der Waals surface area contributed by atoms with Crippen molar-refractivity contribution in [3.8, 4) is 5.69 Å². The maximum atomic E-state index is 13.1. The van der Waals surface area contributed by atoms with Crippen LogP contribution in [0.5, 0.6) is 0 Å². The number of aryl methyl sites for hydroxylation is 2. The van der Waals surface area contributed by atoms with Gasteiger partial charge in [0.1, 0.15) is 0 Å². The molecule has 0 unspecified atom stereocenters. The van der Waals surface area contributed by atoms with Crippen LogP contribution < -0.4 is 11.2 Å². The van der Waals surface area contributed by atoms with Crippen molar-refractivity contribution in [3.63, 3.8) is 0 Å². The van der Waals surface area contributed by atoms with Gasteiger partial charge in [-0.25, -0.2) is 4.79 Å². The van der Waals surface area contributed by atoms with Crippen molar-refractivity contribution >= 4 is 16.9 Å². The van der Waals surface area contributed by atoms with Crippen LogP contribution in [-0.4, -0.2) is 23.1 Å². The Labute approximate surface area is 156 Å². The molecule has 0 bridgehead atoms. The van der Waals surface area contributed by atoms with Crippen molar-refractivity contribution < 1.29 is 0 Å². The first-order valence-electron chi connectivity index (χ1n) is 9.15. The van der Waals surface area contributed by atoms with Crippen molar-refractivity contribution in [2.24, 2.45) is 13.0 Å². The lowest BCUT2D eigenvalue weighted by molar-refractivity contribution is 0.488. The maximum Gasteiger partial charge on any atom is 0.332 e. The maximum absolute atomic E-state index is 13.1. The summed E-state index contributed by atoms with van der Waals surface area (Å²) in [6.07, 6.45) is 2.67. The van der Waals surface area contributed by atoms with Crippen LogP contribution in [0.1, 0.15) is 26.0 Å². The Morgan fingerprint density at radius 2 is 1.81 bits per heavy atom. The van der Waals surface area contributed by atoms with Gasteiger partial charge in [0.2, 0.25) is 5.78 Å². The molecule has 0 saturated carbocycles. The van der Waals surface area contributed by atoms with E-state index in [1.807, 2.05) is 48.0 Å². The van der Waals surface area contributed by atoms with Gasteiger partial charge in [0.05, 0.1) is 0 Å². The van der Waals surface area contributed by atoms with Crippen LogP contribution in [0.25, 0.3) is 22.6 Å². The third-order valence-electron chi connectivity index (χ3n) is 4.97. The first kappa shape index (κ1) is 17.3. The molecule has 0 radical (unpaired) electrons. The predicted molar refractivity (Wildman–Crippen MR) is 106 cm³/mol. The molecule has 3 heterocycles. The summed E-state index contributed by atoms with van der Waals surface area (Å²) in [7, 11) is 1.67. The smallest absolute Gasteiger partial charge is 0.283 e. The number of hydrogen-bond acceptors (Lipinski definition) is 3. The predicted octanol–water partition coefficient (Wildman–Crippen LogP) is 2.49. The van der Waals surface area contributed by atoms with Gasteiger partial charge in [-0.2, -0.15) is 4.98 Å². The highest BCUT2D eigenvalue weighted by atomic mass is 16.2. The van der Waals surface area contributed by atoms with E-state index < -0.39 is 0 Å². The molecule has 7 nitrogen and oxygen atoms in total. The Morgan fingerprint density at radius 3 is 2.48 bits per heavy atom. The van der Waals surface area contributed by atoms with E-state index in [0.29, 0.717) is 29.4 Å². The minimum Gasteiger partial charge on any atom is -0.283 e. The van der Waals surface area contributed by atoms with E-state index in [4.69, 9.17) is 0 Å². The molecule has 7 heteroatoms. The quantitative estimate of drug-likeness (QED) is 0.558. The molecule has 0 atom stereocenters. The zero-order chi connectivity index (χ0) is 19.3. The Kier molecular flexibility index (Phi) is 4.02. The van der Waals surface area contributed by atoms with Crippen molar-refractivity contribution in [3.05, 3.63) is 63.1 Å². The Balaban J connectivity index is 2.05. The van der Waals surface area contributed by atoms with E-state index >= 15 is 0 Å². The summed E-state index contributed by atoms with van der Waals surface area (Å²) in [5.41, 5.74) is 2.17. The van der Waals surface area contributed by atoms with E-state index in [9.17, 15) is 9.59 Å². The normalized spacial score (nSPS) is 11.9. The molecule has 0 aliphatic rings. The Morgan fingerprint density at radius 1 is 1.11 bits per heavy atom. The number of aromatic nitrogens is 5. The van der Waals surface area contributed by atoms with Crippen molar-refractivity contribution in [2.45, 2.75) is 33.7 Å². The standard InChI is InChI=1S/C20H23N5O2/c1-13(2)10-11-23-18(26)16-17(22(4)20(23)27)21-19-24(16)12-14(3)25(19)15-8-6-5-7-9-15/h5-9,12-13H,10-11H2,1-4H3. The molecular weight excluding hydrogens is 342 g/mol. The van der Waals surface area contributed by atoms with Crippen LogP contribution in [0.3, 0.4) is 0 Å². The minimum absolute atomic E-state index is 0.286. The van der Waals surface area contributed by atoms with Gasteiger partial charge in [-0.05, 0) is 31.4 Å². The molecule has 3 aromatic heterocycles. The zero-order valence-electron chi connectivity index (χ0n) is 16.0. The average molecular weight is 365 g/mol. The second-order valence-electron chi connectivity index (χ2n) is 7.38. The monoisotopic (exact) mass is 365 g/mol. The molecular formula is C20H23N5O2. The number of fused-ring (bicyclic) bond motifs is 3. The van der Waals surface area contributed by atoms with Crippen molar-refractivity contribution in [1.82, 2.24) is 23.1 Å². The number of hydrogen-bond donors (Lipinski definition) is 0. The first-order chi connectivity index (χ1) is 12.9. The van der Waals surface area contributed by atoms with Gasteiger partial charge in [-0.15, -0.1) is 0 Å². The van der Waals surface area contributed by atoms with Gasteiger partial charge in [0.15, 0.2) is 11.2 Å². The number of imidazole rings is 2. The molecule has 0 aliphatic heterocycles. The molecule has 27 heavy (non-hydrogen) atoms. The average Bonchev–Trinajstić information content (AvgIpc) is 3.14. The van der Waals surface area contributed by atoms with Gasteiger partial charge < -0.3 is 0 Å². The highest BCUT2D eigenvalue weighted by Gasteiger charge is 2.20. The lowest BCUT2D eigenvalue weighted by Gasteiger charge is -2.09. The van der Waals surface area contributed by atoms with Gasteiger partial charge >= 0.3 is 5.69 Å². The van der Waals surface area contributed by atoms with Crippen LogP contribution in [0.2, 0.25) is 0 Å². The lowest BCUT2D eigenvalue weighted by atomic mass is 10.1. The van der Waals surface area contributed by atoms with Crippen LogP contribution in [0.15, 0.2) is 46.1 Å². The second-order valence-corrected chi connectivity index (χ2v) is 7.38. The fourth-order valence-corrected chi connectivity index (χ4v) is 3.49. The highest BCUT2D eigenvalue weighted by Crippen LogP contribution is 2.20. The highest BCUT2D eigenvalue weighted by molar-refractivity contribution is 5.76. The van der Waals surface area contributed by atoms with Gasteiger partial charge in [-0.1, -0.05) is 32.0 Å². The molecule has 0 spiro atoms. The van der Waals surface area contributed by atoms with E-state index in [1.165, 1.54) is 9.13 Å².